The Kier molecular flexibility index (Phi) is 12.2. The van der Waals surface area contributed by atoms with E-state index in [4.69, 9.17) is 4.74 Å². The minimum atomic E-state index is -0.334. The third-order valence-corrected chi connectivity index (χ3v) is 7.77. The second-order valence-electron chi connectivity index (χ2n) is 10.1. The van der Waals surface area contributed by atoms with Crippen molar-refractivity contribution in [3.63, 3.8) is 0 Å². The van der Waals surface area contributed by atoms with E-state index in [1.54, 1.807) is 12.4 Å². The lowest BCUT2D eigenvalue weighted by Gasteiger charge is -2.32. The highest BCUT2D eigenvalue weighted by Crippen LogP contribution is 2.32. The van der Waals surface area contributed by atoms with Crippen molar-refractivity contribution < 1.29 is 14.3 Å². The first-order chi connectivity index (χ1) is 17.5. The number of nitrogens with zero attached hydrogens (tertiary/aromatic N) is 5. The standard InChI is InChI=1S/C26H43BrN6O3/c1-3-4-11-28-26(35)36-18-17-32-12-5-13-33(16-15-32)24(34)22-8-6-21(7-9-22)10-14-31(2)25-29-19-23(27)20-30-25/h19-22H,3-18H2,1-2H3,(H,28,35)/t21-,22-. The monoisotopic (exact) mass is 566 g/mol. The lowest BCUT2D eigenvalue weighted by molar-refractivity contribution is -0.136. The first-order valence-electron chi connectivity index (χ1n) is 13.6. The molecular weight excluding hydrogens is 524 g/mol. The van der Waals surface area contributed by atoms with Gasteiger partial charge >= 0.3 is 6.09 Å². The number of unbranched alkanes of at least 4 members (excludes halogenated alkanes) is 1. The Morgan fingerprint density at radius 3 is 2.61 bits per heavy atom. The van der Waals surface area contributed by atoms with Gasteiger partial charge in [0.15, 0.2) is 0 Å². The predicted octanol–water partition coefficient (Wildman–Crippen LogP) is 3.93. The molecule has 1 aliphatic heterocycles. The molecule has 2 aliphatic rings. The smallest absolute Gasteiger partial charge is 0.407 e. The fourth-order valence-electron chi connectivity index (χ4n) is 5.04. The molecule has 0 unspecified atom stereocenters. The van der Waals surface area contributed by atoms with Gasteiger partial charge in [-0.15, -0.1) is 0 Å². The molecule has 2 amide bonds. The van der Waals surface area contributed by atoms with Crippen LogP contribution in [0.15, 0.2) is 16.9 Å². The zero-order valence-corrected chi connectivity index (χ0v) is 23.5. The topological polar surface area (TPSA) is 90.9 Å². The van der Waals surface area contributed by atoms with Gasteiger partial charge in [-0.25, -0.2) is 14.8 Å². The van der Waals surface area contributed by atoms with Gasteiger partial charge in [-0.1, -0.05) is 13.3 Å². The Balaban J connectivity index is 1.31. The number of halogens is 1. The number of carbonyl (C=O) groups is 2. The van der Waals surface area contributed by atoms with Gasteiger partial charge in [0.1, 0.15) is 6.61 Å². The van der Waals surface area contributed by atoms with E-state index in [0.29, 0.717) is 31.5 Å². The van der Waals surface area contributed by atoms with Gasteiger partial charge in [-0.2, -0.15) is 0 Å². The van der Waals surface area contributed by atoms with Gasteiger partial charge in [-0.3, -0.25) is 9.69 Å². The maximum absolute atomic E-state index is 13.2. The van der Waals surface area contributed by atoms with Crippen molar-refractivity contribution in [3.05, 3.63) is 16.9 Å². The van der Waals surface area contributed by atoms with Crippen LogP contribution >= 0.6 is 15.9 Å². The molecule has 1 aromatic rings. The van der Waals surface area contributed by atoms with E-state index in [2.05, 4.69) is 52.8 Å². The van der Waals surface area contributed by atoms with Crippen LogP contribution < -0.4 is 10.2 Å². The van der Waals surface area contributed by atoms with Crippen LogP contribution in [0.5, 0.6) is 0 Å². The summed E-state index contributed by atoms with van der Waals surface area (Å²) in [6.45, 7) is 8.15. The van der Waals surface area contributed by atoms with E-state index >= 15 is 0 Å². The Morgan fingerprint density at radius 2 is 1.89 bits per heavy atom. The van der Waals surface area contributed by atoms with Gasteiger partial charge in [-0.05, 0) is 66.8 Å². The van der Waals surface area contributed by atoms with E-state index in [-0.39, 0.29) is 12.0 Å². The summed E-state index contributed by atoms with van der Waals surface area (Å²) in [5, 5.41) is 2.78. The van der Waals surface area contributed by atoms with Gasteiger partial charge in [0.05, 0.1) is 4.47 Å². The summed E-state index contributed by atoms with van der Waals surface area (Å²) in [5.74, 6) is 1.91. The molecule has 0 radical (unpaired) electrons. The number of hydrogen-bond donors (Lipinski definition) is 1. The Morgan fingerprint density at radius 1 is 1.14 bits per heavy atom. The zero-order valence-electron chi connectivity index (χ0n) is 22.0. The molecule has 1 aromatic heterocycles. The van der Waals surface area contributed by atoms with Gasteiger partial charge in [0, 0.05) is 71.2 Å². The molecule has 1 saturated carbocycles. The van der Waals surface area contributed by atoms with Gasteiger partial charge in [0.2, 0.25) is 11.9 Å². The van der Waals surface area contributed by atoms with Crippen LogP contribution in [0.25, 0.3) is 0 Å². The molecule has 10 heteroatoms. The molecule has 0 aromatic carbocycles. The molecule has 202 valence electrons. The number of rotatable bonds is 11. The lowest BCUT2D eigenvalue weighted by atomic mass is 9.80. The van der Waals surface area contributed by atoms with Gasteiger partial charge < -0.3 is 19.9 Å². The van der Waals surface area contributed by atoms with E-state index < -0.39 is 0 Å². The molecule has 0 atom stereocenters. The third kappa shape index (κ3) is 9.50. The number of amides is 2. The maximum atomic E-state index is 13.2. The molecule has 0 spiro atoms. The number of aromatic nitrogens is 2. The fraction of sp³-hybridized carbons (Fsp3) is 0.769. The van der Waals surface area contributed by atoms with Crippen LogP contribution in [-0.4, -0.2) is 91.2 Å². The number of nitrogens with one attached hydrogen (secondary N) is 1. The van der Waals surface area contributed by atoms with E-state index in [9.17, 15) is 9.59 Å². The van der Waals surface area contributed by atoms with Crippen LogP contribution in [0.3, 0.4) is 0 Å². The number of anilines is 1. The molecular formula is C26H43BrN6O3. The first-order valence-corrected chi connectivity index (χ1v) is 14.4. The summed E-state index contributed by atoms with van der Waals surface area (Å²) in [7, 11) is 2.04. The summed E-state index contributed by atoms with van der Waals surface area (Å²) >= 11 is 3.38. The number of carbonyl (C=O) groups excluding carboxylic acids is 2. The van der Waals surface area contributed by atoms with Crippen LogP contribution in [0.4, 0.5) is 10.7 Å². The molecule has 0 bridgehead atoms. The highest BCUT2D eigenvalue weighted by molar-refractivity contribution is 9.10. The van der Waals surface area contributed by atoms with Gasteiger partial charge in [0.25, 0.3) is 0 Å². The molecule has 1 aliphatic carbocycles. The summed E-state index contributed by atoms with van der Waals surface area (Å²) in [4.78, 5) is 40.1. The fourth-order valence-corrected chi connectivity index (χ4v) is 5.24. The molecule has 2 heterocycles. The average molecular weight is 568 g/mol. The van der Waals surface area contributed by atoms with Crippen molar-refractivity contribution in [2.75, 3.05) is 64.4 Å². The maximum Gasteiger partial charge on any atom is 0.407 e. The minimum absolute atomic E-state index is 0.162. The quantitative estimate of drug-likeness (QED) is 0.406. The molecule has 2 fully saturated rings. The molecule has 3 rings (SSSR count). The predicted molar refractivity (Wildman–Crippen MR) is 145 cm³/mol. The first kappa shape index (κ1) is 28.6. The van der Waals surface area contributed by atoms with Crippen molar-refractivity contribution in [1.82, 2.24) is 25.1 Å². The molecule has 36 heavy (non-hydrogen) atoms. The van der Waals surface area contributed by atoms with Crippen LogP contribution in [0.2, 0.25) is 0 Å². The lowest BCUT2D eigenvalue weighted by Crippen LogP contribution is -2.40. The van der Waals surface area contributed by atoms with Crippen molar-refractivity contribution in [2.45, 2.75) is 58.3 Å². The molecule has 9 nitrogen and oxygen atoms in total. The summed E-state index contributed by atoms with van der Waals surface area (Å²) in [6.07, 6.45) is 11.5. The molecule has 1 saturated heterocycles. The van der Waals surface area contributed by atoms with E-state index in [0.717, 1.165) is 94.5 Å². The SMILES string of the molecule is CCCCNC(=O)OCCN1CCCN(C(=O)[C@H]2CC[C@H](CCN(C)c3ncc(Br)cn3)CC2)CC1. The third-order valence-electron chi connectivity index (χ3n) is 7.36. The van der Waals surface area contributed by atoms with Crippen molar-refractivity contribution in [3.8, 4) is 0 Å². The largest absolute Gasteiger partial charge is 0.448 e. The van der Waals surface area contributed by atoms with Crippen LogP contribution in [0, 0.1) is 11.8 Å². The van der Waals surface area contributed by atoms with E-state index in [1.807, 2.05) is 7.05 Å². The Labute approximate surface area is 224 Å². The van der Waals surface area contributed by atoms with Crippen molar-refractivity contribution in [1.29, 1.82) is 0 Å². The summed E-state index contributed by atoms with van der Waals surface area (Å²) in [6, 6.07) is 0. The second-order valence-corrected chi connectivity index (χ2v) is 11.0. The summed E-state index contributed by atoms with van der Waals surface area (Å²) < 4.78 is 6.18. The number of ether oxygens (including phenoxy) is 1. The van der Waals surface area contributed by atoms with E-state index in [1.165, 1.54) is 0 Å². The Bertz CT molecular complexity index is 803. The average Bonchev–Trinajstić information content (AvgIpc) is 3.13. The van der Waals surface area contributed by atoms with Crippen LogP contribution in [-0.2, 0) is 9.53 Å². The van der Waals surface area contributed by atoms with Crippen molar-refractivity contribution >= 4 is 33.9 Å². The summed E-state index contributed by atoms with van der Waals surface area (Å²) in [5.41, 5.74) is 0. The van der Waals surface area contributed by atoms with Crippen molar-refractivity contribution in [2.24, 2.45) is 11.8 Å². The number of hydrogen-bond acceptors (Lipinski definition) is 7. The zero-order chi connectivity index (χ0) is 25.8. The number of alkyl carbamates (subject to hydrolysis) is 1. The van der Waals surface area contributed by atoms with Crippen LogP contribution in [0.1, 0.15) is 58.3 Å². The highest BCUT2D eigenvalue weighted by Gasteiger charge is 2.30. The normalized spacial score (nSPS) is 21.0. The second kappa shape index (κ2) is 15.3. The molecule has 1 N–H and O–H groups in total. The highest BCUT2D eigenvalue weighted by atomic mass is 79.9. The Hall–Kier alpha value is -1.94. The minimum Gasteiger partial charge on any atom is -0.448 e.